The normalized spacial score (nSPS) is 15.9. The van der Waals surface area contributed by atoms with Crippen LogP contribution in [0.25, 0.3) is 0 Å². The summed E-state index contributed by atoms with van der Waals surface area (Å²) in [5, 5.41) is -13.6. The predicted octanol–water partition coefficient (Wildman–Crippen LogP) is 6.22. The van der Waals surface area contributed by atoms with Gasteiger partial charge in [0, 0.05) is 0 Å². The van der Waals surface area contributed by atoms with Crippen LogP contribution in [0.3, 0.4) is 0 Å². The molecule has 0 aromatic rings. The van der Waals surface area contributed by atoms with Crippen molar-refractivity contribution in [2.24, 2.45) is 0 Å². The summed E-state index contributed by atoms with van der Waals surface area (Å²) < 4.78 is 265. The summed E-state index contributed by atoms with van der Waals surface area (Å²) in [6, 6.07) is 0. The van der Waals surface area contributed by atoms with Crippen molar-refractivity contribution in [1.29, 1.82) is 0 Å². The maximum absolute atomic E-state index is 12.6. The van der Waals surface area contributed by atoms with Gasteiger partial charge in [0.05, 0.1) is 0 Å². The SMILES string of the molecule is O=S(=O)(OI)C(F)(F)C(F)(F)C(F)(F)C(F)(F)F.O=S(=O)(OI)C(F)(F)C(F)(F)C(F)(F)C(F)(F)F. The summed E-state index contributed by atoms with van der Waals surface area (Å²) in [5.41, 5.74) is 0. The van der Waals surface area contributed by atoms with E-state index in [0.29, 0.717) is 0 Å². The smallest absolute Gasteiger partial charge is 0.194 e. The number of rotatable bonds is 8. The molecule has 0 amide bonds. The first-order valence-corrected chi connectivity index (χ1v) is 11.2. The molecule has 0 radical (unpaired) electrons. The van der Waals surface area contributed by atoms with E-state index in [1.165, 1.54) is 0 Å². The predicted molar refractivity (Wildman–Crippen MR) is 89.8 cm³/mol. The minimum atomic E-state index is -7.27. The fourth-order valence-electron chi connectivity index (χ4n) is 1.11. The van der Waals surface area contributed by atoms with Crippen molar-refractivity contribution in [3.63, 3.8) is 0 Å². The van der Waals surface area contributed by atoms with Crippen molar-refractivity contribution in [1.82, 2.24) is 0 Å². The minimum absolute atomic E-state index is 0.117. The maximum Gasteiger partial charge on any atom is 0.460 e. The zero-order valence-corrected chi connectivity index (χ0v) is 20.8. The molecule has 0 unspecified atom stereocenters. The summed E-state index contributed by atoms with van der Waals surface area (Å²) >= 11 is 0.234. The number of hydrogen-bond donors (Lipinski definition) is 0. The first-order chi connectivity index (χ1) is 15.1. The van der Waals surface area contributed by atoms with Crippen molar-refractivity contribution in [3.05, 3.63) is 0 Å². The molecule has 0 rings (SSSR count). The molecule has 0 aromatic heterocycles. The lowest BCUT2D eigenvalue weighted by Gasteiger charge is -2.32. The molecule has 220 valence electrons. The van der Waals surface area contributed by atoms with Crippen molar-refractivity contribution < 1.29 is 101 Å². The average molecular weight is 852 g/mol. The van der Waals surface area contributed by atoms with Crippen molar-refractivity contribution in [2.45, 2.75) is 46.6 Å². The Morgan fingerprint density at radius 2 is 0.556 bits per heavy atom. The van der Waals surface area contributed by atoms with Gasteiger partial charge in [-0.3, -0.25) is 0 Å². The molecule has 28 heteroatoms. The maximum atomic E-state index is 12.6. The van der Waals surface area contributed by atoms with E-state index in [9.17, 15) is 95.9 Å². The van der Waals surface area contributed by atoms with Gasteiger partial charge in [-0.15, -0.1) is 0 Å². The van der Waals surface area contributed by atoms with Crippen LogP contribution in [0.1, 0.15) is 0 Å². The molecule has 0 aliphatic rings. The highest BCUT2D eigenvalue weighted by atomic mass is 127. The van der Waals surface area contributed by atoms with E-state index in [0.717, 1.165) is 0 Å². The average Bonchev–Trinajstić information content (AvgIpc) is 2.65. The Hall–Kier alpha value is 0.0200. The first kappa shape index (κ1) is 38.2. The zero-order chi connectivity index (χ0) is 30.4. The Bertz CT molecular complexity index is 904. The molecule has 0 N–H and O–H groups in total. The topological polar surface area (TPSA) is 86.7 Å². The molecule has 0 saturated heterocycles. The lowest BCUT2D eigenvalue weighted by molar-refractivity contribution is -0.382. The molecule has 0 saturated carbocycles. The van der Waals surface area contributed by atoms with Gasteiger partial charge in [-0.25, -0.2) is 0 Å². The van der Waals surface area contributed by atoms with E-state index in [1.807, 2.05) is 0 Å². The Morgan fingerprint density at radius 3 is 0.667 bits per heavy atom. The third-order valence-electron chi connectivity index (χ3n) is 3.03. The number of halogens is 20. The second-order valence-corrected chi connectivity index (χ2v) is 10.6. The van der Waals surface area contributed by atoms with E-state index in [-0.39, 0.29) is 46.0 Å². The molecule has 0 heterocycles. The van der Waals surface area contributed by atoms with Gasteiger partial charge in [-0.05, 0) is 0 Å². The van der Waals surface area contributed by atoms with Gasteiger partial charge in [-0.2, -0.15) is 101 Å². The number of hydrogen-bond acceptors (Lipinski definition) is 6. The molecular weight excluding hydrogens is 852 g/mol. The molecule has 0 aromatic carbocycles. The Labute approximate surface area is 213 Å². The monoisotopic (exact) mass is 852 g/mol. The van der Waals surface area contributed by atoms with Crippen LogP contribution in [0.5, 0.6) is 0 Å². The molecule has 6 nitrogen and oxygen atoms in total. The van der Waals surface area contributed by atoms with Gasteiger partial charge >= 0.3 is 66.8 Å². The summed E-state index contributed by atoms with van der Waals surface area (Å²) in [6.45, 7) is 0. The van der Waals surface area contributed by atoms with Crippen LogP contribution in [-0.2, 0) is 25.3 Å². The second-order valence-electron chi connectivity index (χ2n) is 5.36. The third kappa shape index (κ3) is 6.09. The fourth-order valence-corrected chi connectivity index (χ4v) is 3.51. The molecule has 0 spiro atoms. The Morgan fingerprint density at radius 1 is 0.389 bits per heavy atom. The van der Waals surface area contributed by atoms with Crippen molar-refractivity contribution in [2.75, 3.05) is 0 Å². The lowest BCUT2D eigenvalue weighted by Crippen LogP contribution is -2.63. The Balaban J connectivity index is 0. The van der Waals surface area contributed by atoms with Gasteiger partial charge < -0.3 is 0 Å². The molecule has 0 atom stereocenters. The van der Waals surface area contributed by atoms with Crippen LogP contribution in [0.4, 0.5) is 79.0 Å². The quantitative estimate of drug-likeness (QED) is 0.213. The van der Waals surface area contributed by atoms with Crippen LogP contribution in [-0.4, -0.2) is 63.4 Å². The van der Waals surface area contributed by atoms with Gasteiger partial charge in [0.15, 0.2) is 0 Å². The molecule has 0 bridgehead atoms. The largest absolute Gasteiger partial charge is 0.460 e. The lowest BCUT2D eigenvalue weighted by atomic mass is 10.1. The van der Waals surface area contributed by atoms with Crippen LogP contribution in [0.2, 0.25) is 0 Å². The highest BCUT2D eigenvalue weighted by Crippen LogP contribution is 2.56. The van der Waals surface area contributed by atoms with Gasteiger partial charge in [-0.1, -0.05) is 0 Å². The fraction of sp³-hybridized carbons (Fsp3) is 1.00. The summed E-state index contributed by atoms with van der Waals surface area (Å²) in [4.78, 5) is 0. The second kappa shape index (κ2) is 10.5. The molecular formula is C8F18I2O6S2. The molecule has 36 heavy (non-hydrogen) atoms. The zero-order valence-electron chi connectivity index (χ0n) is 14.8. The van der Waals surface area contributed by atoms with Crippen LogP contribution >= 0.6 is 46.0 Å². The van der Waals surface area contributed by atoms with Gasteiger partial charge in [0.25, 0.3) is 0 Å². The van der Waals surface area contributed by atoms with Gasteiger partial charge in [0.2, 0.25) is 0 Å². The number of alkyl halides is 18. The summed E-state index contributed by atoms with van der Waals surface area (Å²) in [5.74, 6) is -29.0. The minimum Gasteiger partial charge on any atom is -0.194 e. The van der Waals surface area contributed by atoms with E-state index >= 15 is 0 Å². The summed E-state index contributed by atoms with van der Waals surface area (Å²) in [7, 11) is -13.4. The van der Waals surface area contributed by atoms with E-state index in [4.69, 9.17) is 0 Å². The standard InChI is InChI=1S/2C4F9IO3S/c2*5-1(6,3(9,10)11)2(7,8)4(12,13)18(15,16)17-14. The Kier molecular flexibility index (Phi) is 11.2. The van der Waals surface area contributed by atoms with E-state index < -0.39 is 66.8 Å². The van der Waals surface area contributed by atoms with E-state index in [1.54, 1.807) is 0 Å². The van der Waals surface area contributed by atoms with Crippen molar-refractivity contribution >= 4 is 66.2 Å². The third-order valence-corrected chi connectivity index (χ3v) is 7.97. The van der Waals surface area contributed by atoms with Crippen LogP contribution in [0, 0.1) is 0 Å². The van der Waals surface area contributed by atoms with Crippen LogP contribution < -0.4 is 0 Å². The van der Waals surface area contributed by atoms with Crippen molar-refractivity contribution in [3.8, 4) is 0 Å². The summed E-state index contributed by atoms with van der Waals surface area (Å²) in [6.07, 6.45) is -14.2. The molecule has 0 fully saturated rings. The highest BCUT2D eigenvalue weighted by Gasteiger charge is 2.87. The first-order valence-electron chi connectivity index (χ1n) is 6.62. The van der Waals surface area contributed by atoms with E-state index in [2.05, 4.69) is 5.03 Å². The highest BCUT2D eigenvalue weighted by molar-refractivity contribution is 14.1. The van der Waals surface area contributed by atoms with Gasteiger partial charge in [0.1, 0.15) is 46.0 Å². The molecule has 0 aliphatic heterocycles. The van der Waals surface area contributed by atoms with Crippen LogP contribution in [0.15, 0.2) is 0 Å². The molecule has 0 aliphatic carbocycles.